The maximum atomic E-state index is 11.6. The lowest BCUT2D eigenvalue weighted by Gasteiger charge is -2.22. The summed E-state index contributed by atoms with van der Waals surface area (Å²) in [6, 6.07) is 15.4. The van der Waals surface area contributed by atoms with Crippen molar-refractivity contribution in [3.05, 3.63) is 66.0 Å². The Labute approximate surface area is 225 Å². The molecule has 0 unspecified atom stereocenters. The molecule has 2 aliphatic rings. The van der Waals surface area contributed by atoms with Gasteiger partial charge in [0.2, 0.25) is 5.95 Å². The summed E-state index contributed by atoms with van der Waals surface area (Å²) in [5, 5.41) is 21.7. The predicted molar refractivity (Wildman–Crippen MR) is 145 cm³/mol. The summed E-state index contributed by atoms with van der Waals surface area (Å²) in [6.45, 7) is 4.48. The molecule has 0 saturated carbocycles. The van der Waals surface area contributed by atoms with Gasteiger partial charge in [-0.15, -0.1) is 5.10 Å². The zero-order chi connectivity index (χ0) is 26.8. The van der Waals surface area contributed by atoms with Gasteiger partial charge in [-0.05, 0) is 50.5 Å². The fourth-order valence-electron chi connectivity index (χ4n) is 5.10. The van der Waals surface area contributed by atoms with Gasteiger partial charge in [0.25, 0.3) is 0 Å². The van der Waals surface area contributed by atoms with E-state index in [9.17, 15) is 9.90 Å². The van der Waals surface area contributed by atoms with Gasteiger partial charge in [0, 0.05) is 18.7 Å². The fourth-order valence-corrected chi connectivity index (χ4v) is 5.10. The van der Waals surface area contributed by atoms with Gasteiger partial charge in [0.15, 0.2) is 0 Å². The van der Waals surface area contributed by atoms with Gasteiger partial charge in [-0.2, -0.15) is 0 Å². The number of hydrogen-bond donors (Lipinski definition) is 2. The van der Waals surface area contributed by atoms with E-state index in [1.165, 1.54) is 0 Å². The molecule has 0 bridgehead atoms. The van der Waals surface area contributed by atoms with Crippen LogP contribution in [0.3, 0.4) is 0 Å². The Morgan fingerprint density at radius 1 is 1.08 bits per heavy atom. The van der Waals surface area contributed by atoms with Crippen molar-refractivity contribution in [2.45, 2.75) is 44.8 Å². The maximum Gasteiger partial charge on any atom is 0.326 e. The topological polar surface area (TPSA) is 131 Å². The molecule has 0 spiro atoms. The van der Waals surface area contributed by atoms with Gasteiger partial charge in [-0.25, -0.2) is 24.4 Å². The fraction of sp³-hybridized carbons (Fsp3) is 0.357. The van der Waals surface area contributed by atoms with Crippen molar-refractivity contribution in [2.75, 3.05) is 30.0 Å². The molecule has 2 N–H and O–H groups in total. The molecule has 11 nitrogen and oxygen atoms in total. The SMILES string of the molecule is Cc1cccc(-c2cc(-c3cn(Cc4cccc(N5CCC[C@H]5C(=O)O)n4)nn3)nc(N[C@H]3CCOC3)n2)c1. The Bertz CT molecular complexity index is 1480. The maximum absolute atomic E-state index is 11.6. The lowest BCUT2D eigenvalue weighted by molar-refractivity contribution is -0.138. The van der Waals surface area contributed by atoms with Crippen LogP contribution in [0.15, 0.2) is 54.7 Å². The number of pyridine rings is 1. The number of aromatic nitrogens is 6. The smallest absolute Gasteiger partial charge is 0.326 e. The van der Waals surface area contributed by atoms with Gasteiger partial charge < -0.3 is 20.1 Å². The standard InChI is InChI=1S/C28H30N8O3/c1-18-5-2-6-19(13-18)22-14-23(32-28(31-22)30-21-10-12-39-17-21)24-16-35(34-33-24)15-20-7-3-9-26(29-20)36-11-4-8-25(36)27(37)38/h2-3,5-7,9,13-14,16,21,25H,4,8,10-12,15,17H2,1H3,(H,37,38)(H,30,31,32)/t21-,25-/m0/s1. The second kappa shape index (κ2) is 10.8. The third kappa shape index (κ3) is 5.58. The summed E-state index contributed by atoms with van der Waals surface area (Å²) in [5.74, 6) is 0.384. The Morgan fingerprint density at radius 3 is 2.77 bits per heavy atom. The number of carboxylic acid groups (broad SMARTS) is 1. The second-order valence-corrected chi connectivity index (χ2v) is 10.0. The molecular weight excluding hydrogens is 496 g/mol. The number of rotatable bonds is 8. The van der Waals surface area contributed by atoms with E-state index in [1.807, 2.05) is 47.5 Å². The highest BCUT2D eigenvalue weighted by Crippen LogP contribution is 2.27. The molecule has 39 heavy (non-hydrogen) atoms. The zero-order valence-electron chi connectivity index (χ0n) is 21.7. The molecule has 2 fully saturated rings. The third-order valence-corrected chi connectivity index (χ3v) is 7.05. The Kier molecular flexibility index (Phi) is 6.89. The molecule has 2 atom stereocenters. The predicted octanol–water partition coefficient (Wildman–Crippen LogP) is 3.41. The number of carbonyl (C=O) groups is 1. The normalized spacial score (nSPS) is 18.9. The van der Waals surface area contributed by atoms with Crippen LogP contribution in [0.2, 0.25) is 0 Å². The number of ether oxygens (including phenoxy) is 1. The van der Waals surface area contributed by atoms with Crippen LogP contribution in [-0.4, -0.2) is 72.9 Å². The van der Waals surface area contributed by atoms with Crippen molar-refractivity contribution in [2.24, 2.45) is 0 Å². The van der Waals surface area contributed by atoms with Gasteiger partial charge in [0.05, 0.1) is 42.5 Å². The van der Waals surface area contributed by atoms with Gasteiger partial charge >= 0.3 is 5.97 Å². The largest absolute Gasteiger partial charge is 0.480 e. The summed E-state index contributed by atoms with van der Waals surface area (Å²) >= 11 is 0. The highest BCUT2D eigenvalue weighted by molar-refractivity contribution is 5.78. The van der Waals surface area contributed by atoms with Crippen LogP contribution >= 0.6 is 0 Å². The third-order valence-electron chi connectivity index (χ3n) is 7.05. The van der Waals surface area contributed by atoms with Crippen molar-refractivity contribution in [3.63, 3.8) is 0 Å². The van der Waals surface area contributed by atoms with Crippen LogP contribution in [0.1, 0.15) is 30.5 Å². The average Bonchev–Trinajstić information content (AvgIpc) is 3.71. The first kappa shape index (κ1) is 24.9. The number of carboxylic acids is 1. The highest BCUT2D eigenvalue weighted by atomic mass is 16.5. The molecule has 5 heterocycles. The van der Waals surface area contributed by atoms with E-state index in [0.717, 1.165) is 42.0 Å². The van der Waals surface area contributed by atoms with E-state index in [1.54, 1.807) is 4.68 Å². The van der Waals surface area contributed by atoms with E-state index in [-0.39, 0.29) is 6.04 Å². The molecule has 11 heteroatoms. The molecule has 2 aliphatic heterocycles. The molecule has 0 aliphatic carbocycles. The molecule has 3 aromatic heterocycles. The number of anilines is 2. The van der Waals surface area contributed by atoms with E-state index in [4.69, 9.17) is 19.7 Å². The van der Waals surface area contributed by atoms with Crippen LogP contribution in [0, 0.1) is 6.92 Å². The summed E-state index contributed by atoms with van der Waals surface area (Å²) in [5.41, 5.74) is 5.00. The first-order valence-corrected chi connectivity index (χ1v) is 13.2. The lowest BCUT2D eigenvalue weighted by Crippen LogP contribution is -2.36. The number of nitrogens with zero attached hydrogens (tertiary/aromatic N) is 7. The Hall–Kier alpha value is -4.38. The number of aryl methyl sites for hydroxylation is 1. The Morgan fingerprint density at radius 2 is 1.95 bits per heavy atom. The summed E-state index contributed by atoms with van der Waals surface area (Å²) in [7, 11) is 0. The monoisotopic (exact) mass is 526 g/mol. The minimum Gasteiger partial charge on any atom is -0.480 e. The minimum atomic E-state index is -0.815. The summed E-state index contributed by atoms with van der Waals surface area (Å²) < 4.78 is 7.23. The van der Waals surface area contributed by atoms with Crippen molar-refractivity contribution < 1.29 is 14.6 Å². The quantitative estimate of drug-likeness (QED) is 0.352. The van der Waals surface area contributed by atoms with E-state index < -0.39 is 12.0 Å². The molecular formula is C28H30N8O3. The van der Waals surface area contributed by atoms with Gasteiger partial charge in [0.1, 0.15) is 17.6 Å². The van der Waals surface area contributed by atoms with Crippen molar-refractivity contribution in [1.82, 2.24) is 29.9 Å². The number of hydrogen-bond acceptors (Lipinski definition) is 9. The van der Waals surface area contributed by atoms with Crippen LogP contribution in [-0.2, 0) is 16.1 Å². The molecule has 2 saturated heterocycles. The van der Waals surface area contributed by atoms with E-state index in [2.05, 4.69) is 34.7 Å². The van der Waals surface area contributed by atoms with Crippen LogP contribution in [0.4, 0.5) is 11.8 Å². The lowest BCUT2D eigenvalue weighted by atomic mass is 10.1. The van der Waals surface area contributed by atoms with Crippen molar-refractivity contribution in [1.29, 1.82) is 0 Å². The number of aliphatic carboxylic acids is 1. The molecule has 1 aromatic carbocycles. The molecule has 0 radical (unpaired) electrons. The van der Waals surface area contributed by atoms with Crippen molar-refractivity contribution in [3.8, 4) is 22.6 Å². The zero-order valence-corrected chi connectivity index (χ0v) is 21.7. The van der Waals surface area contributed by atoms with Crippen LogP contribution < -0.4 is 10.2 Å². The molecule has 6 rings (SSSR count). The molecule has 4 aromatic rings. The van der Waals surface area contributed by atoms with Crippen LogP contribution in [0.25, 0.3) is 22.6 Å². The number of benzene rings is 1. The van der Waals surface area contributed by atoms with Crippen molar-refractivity contribution >= 4 is 17.7 Å². The number of nitrogens with one attached hydrogen (secondary N) is 1. The summed E-state index contributed by atoms with van der Waals surface area (Å²) in [6.07, 6.45) is 4.21. The van der Waals surface area contributed by atoms with Gasteiger partial charge in [-0.1, -0.05) is 35.0 Å². The first-order valence-electron chi connectivity index (χ1n) is 13.2. The van der Waals surface area contributed by atoms with E-state index >= 15 is 0 Å². The highest BCUT2D eigenvalue weighted by Gasteiger charge is 2.31. The molecule has 0 amide bonds. The second-order valence-electron chi connectivity index (χ2n) is 10.0. The van der Waals surface area contributed by atoms with Gasteiger partial charge in [-0.3, -0.25) is 0 Å². The first-order chi connectivity index (χ1) is 19.0. The summed E-state index contributed by atoms with van der Waals surface area (Å²) in [4.78, 5) is 27.8. The Balaban J connectivity index is 1.26. The average molecular weight is 527 g/mol. The minimum absolute atomic E-state index is 0.163. The van der Waals surface area contributed by atoms with E-state index in [0.29, 0.717) is 49.3 Å². The van der Waals surface area contributed by atoms with Crippen LogP contribution in [0.5, 0.6) is 0 Å². The molecule has 200 valence electrons.